The summed E-state index contributed by atoms with van der Waals surface area (Å²) in [5, 5.41) is 0. The van der Waals surface area contributed by atoms with Gasteiger partial charge >= 0.3 is 11.9 Å². The van der Waals surface area contributed by atoms with E-state index in [1.54, 1.807) is 0 Å². The Kier molecular flexibility index (Phi) is 4.90. The second-order valence-corrected chi connectivity index (χ2v) is 8.24. The van der Waals surface area contributed by atoms with Gasteiger partial charge in [0, 0.05) is 5.41 Å². The van der Waals surface area contributed by atoms with E-state index in [1.807, 2.05) is 30.3 Å². The van der Waals surface area contributed by atoms with Crippen molar-refractivity contribution in [2.45, 2.75) is 65.6 Å². The number of fused-ring (bicyclic) bond motifs is 2. The van der Waals surface area contributed by atoms with E-state index in [1.165, 1.54) is 6.42 Å². The Balaban J connectivity index is 1.42. The summed E-state index contributed by atoms with van der Waals surface area (Å²) in [4.78, 5) is 24.0. The standard InChI is InChI=1S/C21H28O4/c1-20(2)16-11-12-21(20,3)17(13-16)25-19(23)10-9-18(22)24-14-15-7-5-4-6-8-15/h4-8,16-17H,9-14H2,1-3H3/t16-,17+,21+/m0/s1. The third-order valence-electron chi connectivity index (χ3n) is 6.76. The van der Waals surface area contributed by atoms with Crippen LogP contribution in [0, 0.1) is 16.7 Å². The number of rotatable bonds is 6. The minimum atomic E-state index is -0.361. The van der Waals surface area contributed by atoms with Crippen LogP contribution in [0.3, 0.4) is 0 Å². The Hall–Kier alpha value is -1.84. The molecule has 136 valence electrons. The molecule has 0 aromatic heterocycles. The fourth-order valence-electron chi connectivity index (χ4n) is 4.54. The maximum Gasteiger partial charge on any atom is 0.306 e. The lowest BCUT2D eigenvalue weighted by atomic mass is 9.70. The average Bonchev–Trinajstić information content (AvgIpc) is 2.92. The van der Waals surface area contributed by atoms with Gasteiger partial charge in [-0.15, -0.1) is 0 Å². The maximum atomic E-state index is 12.2. The molecule has 0 amide bonds. The monoisotopic (exact) mass is 344 g/mol. The fraction of sp³-hybridized carbons (Fsp3) is 0.619. The van der Waals surface area contributed by atoms with E-state index in [9.17, 15) is 9.59 Å². The third kappa shape index (κ3) is 3.44. The van der Waals surface area contributed by atoms with Crippen LogP contribution in [-0.2, 0) is 25.7 Å². The summed E-state index contributed by atoms with van der Waals surface area (Å²) in [5.41, 5.74) is 1.21. The predicted molar refractivity (Wildman–Crippen MR) is 94.6 cm³/mol. The Morgan fingerprint density at radius 1 is 1.08 bits per heavy atom. The molecule has 2 aliphatic rings. The van der Waals surface area contributed by atoms with Crippen LogP contribution in [-0.4, -0.2) is 18.0 Å². The Bertz CT molecular complexity index is 637. The zero-order valence-corrected chi connectivity index (χ0v) is 15.4. The predicted octanol–water partition coefficient (Wildman–Crippen LogP) is 4.27. The van der Waals surface area contributed by atoms with Gasteiger partial charge in [0.15, 0.2) is 0 Å². The molecule has 4 heteroatoms. The zero-order valence-electron chi connectivity index (χ0n) is 15.4. The van der Waals surface area contributed by atoms with Crippen molar-refractivity contribution in [3.63, 3.8) is 0 Å². The second-order valence-electron chi connectivity index (χ2n) is 8.24. The number of esters is 2. The number of hydrogen-bond donors (Lipinski definition) is 0. The molecule has 0 radical (unpaired) electrons. The second kappa shape index (κ2) is 6.81. The van der Waals surface area contributed by atoms with Crippen LogP contribution >= 0.6 is 0 Å². The van der Waals surface area contributed by atoms with Crippen LogP contribution in [0.4, 0.5) is 0 Å². The summed E-state index contributed by atoms with van der Waals surface area (Å²) in [5.74, 6) is -0.0161. The molecule has 2 saturated carbocycles. The topological polar surface area (TPSA) is 52.6 Å². The normalized spacial score (nSPS) is 29.4. The van der Waals surface area contributed by atoms with E-state index in [2.05, 4.69) is 20.8 Å². The van der Waals surface area contributed by atoms with Gasteiger partial charge in [-0.2, -0.15) is 0 Å². The minimum Gasteiger partial charge on any atom is -0.462 e. The Morgan fingerprint density at radius 3 is 2.36 bits per heavy atom. The highest BCUT2D eigenvalue weighted by Crippen LogP contribution is 2.66. The highest BCUT2D eigenvalue weighted by atomic mass is 16.5. The van der Waals surface area contributed by atoms with Crippen LogP contribution < -0.4 is 0 Å². The first-order valence-corrected chi connectivity index (χ1v) is 9.22. The molecule has 4 nitrogen and oxygen atoms in total. The van der Waals surface area contributed by atoms with Crippen molar-refractivity contribution in [3.8, 4) is 0 Å². The molecular weight excluding hydrogens is 316 g/mol. The highest BCUT2D eigenvalue weighted by molar-refractivity contribution is 5.77. The van der Waals surface area contributed by atoms with E-state index in [-0.39, 0.29) is 48.3 Å². The lowest BCUT2D eigenvalue weighted by molar-refractivity contribution is -0.160. The van der Waals surface area contributed by atoms with Gasteiger partial charge in [0.1, 0.15) is 12.7 Å². The van der Waals surface area contributed by atoms with Crippen molar-refractivity contribution in [2.75, 3.05) is 0 Å². The van der Waals surface area contributed by atoms with Crippen LogP contribution in [0.2, 0.25) is 0 Å². The molecule has 0 aliphatic heterocycles. The van der Waals surface area contributed by atoms with Crippen molar-refractivity contribution in [1.82, 2.24) is 0 Å². The van der Waals surface area contributed by atoms with Gasteiger partial charge in [0.25, 0.3) is 0 Å². The number of benzene rings is 1. The molecule has 3 rings (SSSR count). The van der Waals surface area contributed by atoms with Crippen molar-refractivity contribution < 1.29 is 19.1 Å². The van der Waals surface area contributed by atoms with E-state index in [0.717, 1.165) is 18.4 Å². The van der Waals surface area contributed by atoms with Crippen molar-refractivity contribution >= 4 is 11.9 Å². The molecule has 1 aromatic rings. The molecule has 1 aromatic carbocycles. The summed E-state index contributed by atoms with van der Waals surface area (Å²) < 4.78 is 11.0. The smallest absolute Gasteiger partial charge is 0.306 e. The van der Waals surface area contributed by atoms with E-state index < -0.39 is 0 Å². The Morgan fingerprint density at radius 2 is 1.76 bits per heavy atom. The summed E-state index contributed by atoms with van der Waals surface area (Å²) in [7, 11) is 0. The van der Waals surface area contributed by atoms with Crippen LogP contribution in [0.5, 0.6) is 0 Å². The molecular formula is C21H28O4. The first kappa shape index (κ1) is 18.0. The summed E-state index contributed by atoms with van der Waals surface area (Å²) in [6.07, 6.45) is 3.43. The molecule has 0 spiro atoms. The molecule has 2 aliphatic carbocycles. The van der Waals surface area contributed by atoms with Crippen molar-refractivity contribution in [2.24, 2.45) is 16.7 Å². The van der Waals surface area contributed by atoms with E-state index >= 15 is 0 Å². The molecule has 0 N–H and O–H groups in total. The lowest BCUT2D eigenvalue weighted by Crippen LogP contribution is -2.38. The summed E-state index contributed by atoms with van der Waals surface area (Å²) in [6, 6.07) is 9.52. The largest absolute Gasteiger partial charge is 0.462 e. The lowest BCUT2D eigenvalue weighted by Gasteiger charge is -2.38. The Labute approximate surface area is 149 Å². The van der Waals surface area contributed by atoms with E-state index in [0.29, 0.717) is 5.92 Å². The van der Waals surface area contributed by atoms with Gasteiger partial charge in [-0.05, 0) is 36.2 Å². The summed E-state index contributed by atoms with van der Waals surface area (Å²) in [6.45, 7) is 7.07. The molecule has 25 heavy (non-hydrogen) atoms. The zero-order chi connectivity index (χ0) is 18.1. The van der Waals surface area contributed by atoms with Crippen LogP contribution in [0.25, 0.3) is 0 Å². The fourth-order valence-corrected chi connectivity index (χ4v) is 4.54. The number of carbonyl (C=O) groups is 2. The first-order valence-electron chi connectivity index (χ1n) is 9.22. The maximum absolute atomic E-state index is 12.2. The first-order chi connectivity index (χ1) is 11.8. The van der Waals surface area contributed by atoms with E-state index in [4.69, 9.17) is 9.47 Å². The van der Waals surface area contributed by atoms with Gasteiger partial charge in [-0.25, -0.2) is 0 Å². The minimum absolute atomic E-state index is 0.0194. The van der Waals surface area contributed by atoms with Gasteiger partial charge in [-0.3, -0.25) is 9.59 Å². The molecule has 2 fully saturated rings. The quantitative estimate of drug-likeness (QED) is 0.723. The molecule has 0 unspecified atom stereocenters. The molecule has 0 heterocycles. The van der Waals surface area contributed by atoms with Gasteiger partial charge in [0.05, 0.1) is 12.8 Å². The van der Waals surface area contributed by atoms with Crippen LogP contribution in [0.15, 0.2) is 30.3 Å². The number of ether oxygens (including phenoxy) is 2. The van der Waals surface area contributed by atoms with Gasteiger partial charge in [0.2, 0.25) is 0 Å². The summed E-state index contributed by atoms with van der Waals surface area (Å²) >= 11 is 0. The number of hydrogen-bond acceptors (Lipinski definition) is 4. The third-order valence-corrected chi connectivity index (χ3v) is 6.76. The van der Waals surface area contributed by atoms with Crippen LogP contribution in [0.1, 0.15) is 58.4 Å². The molecule has 0 saturated heterocycles. The van der Waals surface area contributed by atoms with Gasteiger partial charge < -0.3 is 9.47 Å². The number of carbonyl (C=O) groups excluding carboxylic acids is 2. The average molecular weight is 344 g/mol. The van der Waals surface area contributed by atoms with Crippen molar-refractivity contribution in [3.05, 3.63) is 35.9 Å². The molecule has 3 atom stereocenters. The SMILES string of the molecule is CC1(C)[C@H]2CC[C@]1(C)[C@H](OC(=O)CCC(=O)OCc1ccccc1)C2. The van der Waals surface area contributed by atoms with Crippen molar-refractivity contribution in [1.29, 1.82) is 0 Å². The molecule has 2 bridgehead atoms. The van der Waals surface area contributed by atoms with Gasteiger partial charge in [-0.1, -0.05) is 51.1 Å². The highest BCUT2D eigenvalue weighted by Gasteiger charge is 2.62.